The Morgan fingerprint density at radius 2 is 1.28 bits per heavy atom. The third-order valence-corrected chi connectivity index (χ3v) is 8.25. The van der Waals surface area contributed by atoms with Gasteiger partial charge in [-0.2, -0.15) is 0 Å². The lowest BCUT2D eigenvalue weighted by molar-refractivity contribution is 0.629. The van der Waals surface area contributed by atoms with E-state index in [9.17, 15) is 4.39 Å². The Balaban J connectivity index is 1.57. The zero-order valence-electron chi connectivity index (χ0n) is 17.8. The molecule has 2 heteroatoms. The van der Waals surface area contributed by atoms with Gasteiger partial charge in [-0.1, -0.05) is 109 Å². The van der Waals surface area contributed by atoms with E-state index in [1.54, 1.807) is 12.1 Å². The van der Waals surface area contributed by atoms with Crippen LogP contribution in [0.3, 0.4) is 0 Å². The fourth-order valence-corrected chi connectivity index (χ4v) is 6.77. The number of halogens is 1. The van der Waals surface area contributed by atoms with Crippen molar-refractivity contribution in [1.82, 2.24) is 0 Å². The smallest absolute Gasteiger partial charge is 0.123 e. The summed E-state index contributed by atoms with van der Waals surface area (Å²) in [6.07, 6.45) is 6.41. The molecule has 0 spiro atoms. The van der Waals surface area contributed by atoms with Crippen molar-refractivity contribution in [2.24, 2.45) is 0 Å². The summed E-state index contributed by atoms with van der Waals surface area (Å²) in [5.41, 5.74) is 5.06. The highest BCUT2D eigenvalue weighted by Gasteiger charge is 2.22. The molecule has 0 aliphatic heterocycles. The summed E-state index contributed by atoms with van der Waals surface area (Å²) < 4.78 is 14.6. The second-order valence-electron chi connectivity index (χ2n) is 7.98. The van der Waals surface area contributed by atoms with Gasteiger partial charge in [-0.05, 0) is 71.1 Å². The summed E-state index contributed by atoms with van der Waals surface area (Å²) in [7, 11) is -0.865. The summed E-state index contributed by atoms with van der Waals surface area (Å²) in [6, 6.07) is 36.9. The van der Waals surface area contributed by atoms with Gasteiger partial charge in [0.1, 0.15) is 5.82 Å². The van der Waals surface area contributed by atoms with E-state index in [1.165, 1.54) is 27.3 Å². The van der Waals surface area contributed by atoms with Crippen LogP contribution in [0.2, 0.25) is 0 Å². The molecule has 0 nitrogen and oxygen atoms in total. The molecule has 0 saturated heterocycles. The van der Waals surface area contributed by atoms with Crippen molar-refractivity contribution in [3.05, 3.63) is 144 Å². The van der Waals surface area contributed by atoms with E-state index in [4.69, 9.17) is 0 Å². The van der Waals surface area contributed by atoms with Crippen molar-refractivity contribution in [2.45, 2.75) is 12.8 Å². The lowest BCUT2D eigenvalue weighted by atomic mass is 10.0. The van der Waals surface area contributed by atoms with Crippen molar-refractivity contribution in [1.29, 1.82) is 0 Å². The van der Waals surface area contributed by atoms with Gasteiger partial charge in [0.05, 0.1) is 0 Å². The second-order valence-corrected chi connectivity index (χ2v) is 10.2. The molecule has 0 atom stereocenters. The Bertz CT molecular complexity index is 1220. The molecule has 1 aliphatic carbocycles. The summed E-state index contributed by atoms with van der Waals surface area (Å²) in [6.45, 7) is 0. The molecule has 4 aromatic carbocycles. The zero-order valence-corrected chi connectivity index (χ0v) is 18.7. The molecule has 0 aromatic heterocycles. The molecule has 0 N–H and O–H groups in total. The van der Waals surface area contributed by atoms with Crippen LogP contribution >= 0.6 is 7.92 Å². The third kappa shape index (κ3) is 4.49. The SMILES string of the molecule is Fc1ccc(C2=CC(Cc3ccccc3)=CC2)c(P(c2ccccc2)c2ccccc2)c1. The molecular formula is C30H24FP. The van der Waals surface area contributed by atoms with Gasteiger partial charge < -0.3 is 0 Å². The predicted octanol–water partition coefficient (Wildman–Crippen LogP) is 6.54. The number of rotatable bonds is 6. The monoisotopic (exact) mass is 434 g/mol. The van der Waals surface area contributed by atoms with Crippen LogP contribution in [0, 0.1) is 5.82 Å². The van der Waals surface area contributed by atoms with E-state index < -0.39 is 7.92 Å². The van der Waals surface area contributed by atoms with Crippen LogP contribution in [0.25, 0.3) is 5.57 Å². The van der Waals surface area contributed by atoms with Crippen molar-refractivity contribution in [3.63, 3.8) is 0 Å². The topological polar surface area (TPSA) is 0 Å². The van der Waals surface area contributed by atoms with Gasteiger partial charge in [-0.25, -0.2) is 4.39 Å². The van der Waals surface area contributed by atoms with Crippen LogP contribution in [0.5, 0.6) is 0 Å². The van der Waals surface area contributed by atoms with Crippen LogP contribution in [0.1, 0.15) is 17.5 Å². The van der Waals surface area contributed by atoms with Crippen LogP contribution in [0.15, 0.2) is 127 Å². The first-order chi connectivity index (χ1) is 15.8. The molecule has 0 unspecified atom stereocenters. The van der Waals surface area contributed by atoms with Crippen molar-refractivity contribution < 1.29 is 4.39 Å². The van der Waals surface area contributed by atoms with E-state index in [0.29, 0.717) is 0 Å². The first kappa shape index (κ1) is 20.6. The average Bonchev–Trinajstić information content (AvgIpc) is 3.30. The number of allylic oxidation sites excluding steroid dienone is 4. The molecule has 1 aliphatic rings. The first-order valence-corrected chi connectivity index (χ1v) is 12.3. The Labute approximate surface area is 190 Å². The predicted molar refractivity (Wildman–Crippen MR) is 136 cm³/mol. The molecule has 0 saturated carbocycles. The Morgan fingerprint density at radius 1 is 0.688 bits per heavy atom. The molecule has 0 radical (unpaired) electrons. The van der Waals surface area contributed by atoms with Gasteiger partial charge in [-0.3, -0.25) is 0 Å². The normalized spacial score (nSPS) is 13.2. The summed E-state index contributed by atoms with van der Waals surface area (Å²) in [5.74, 6) is -0.181. The maximum atomic E-state index is 14.6. The highest BCUT2D eigenvalue weighted by atomic mass is 31.1. The Hall–Kier alpha value is -3.28. The average molecular weight is 434 g/mol. The minimum Gasteiger partial charge on any atom is -0.207 e. The van der Waals surface area contributed by atoms with Gasteiger partial charge in [0.2, 0.25) is 0 Å². The summed E-state index contributed by atoms with van der Waals surface area (Å²) in [5, 5.41) is 3.55. The molecule has 0 bridgehead atoms. The molecular weight excluding hydrogens is 410 g/mol. The van der Waals surface area contributed by atoms with Crippen LogP contribution in [0.4, 0.5) is 4.39 Å². The van der Waals surface area contributed by atoms with Crippen molar-refractivity contribution in [3.8, 4) is 0 Å². The van der Waals surface area contributed by atoms with Crippen molar-refractivity contribution >= 4 is 29.4 Å². The lowest BCUT2D eigenvalue weighted by Crippen LogP contribution is -2.23. The second kappa shape index (κ2) is 9.47. The molecule has 32 heavy (non-hydrogen) atoms. The maximum absolute atomic E-state index is 14.6. The Kier molecular flexibility index (Phi) is 6.10. The molecule has 0 fully saturated rings. The molecule has 4 aromatic rings. The number of benzene rings is 4. The van der Waals surface area contributed by atoms with Gasteiger partial charge in [-0.15, -0.1) is 0 Å². The minimum atomic E-state index is -0.865. The fraction of sp³-hybridized carbons (Fsp3) is 0.0667. The van der Waals surface area contributed by atoms with E-state index >= 15 is 0 Å². The lowest BCUT2D eigenvalue weighted by Gasteiger charge is -2.23. The molecule has 0 amide bonds. The van der Waals surface area contributed by atoms with Crippen LogP contribution in [-0.4, -0.2) is 0 Å². The third-order valence-electron chi connectivity index (χ3n) is 5.77. The largest absolute Gasteiger partial charge is 0.207 e. The number of hydrogen-bond donors (Lipinski definition) is 0. The summed E-state index contributed by atoms with van der Waals surface area (Å²) in [4.78, 5) is 0. The van der Waals surface area contributed by atoms with E-state index in [2.05, 4.69) is 84.9 Å². The van der Waals surface area contributed by atoms with Crippen LogP contribution < -0.4 is 15.9 Å². The van der Waals surface area contributed by atoms with Gasteiger partial charge in [0.15, 0.2) is 0 Å². The molecule has 5 rings (SSSR count). The molecule has 156 valence electrons. The minimum absolute atomic E-state index is 0.181. The standard InChI is InChI=1S/C30H24FP/c31-26-18-19-29(25-17-16-24(21-25)20-23-10-4-1-5-11-23)30(22-26)32(27-12-6-2-7-13-27)28-14-8-3-9-15-28/h1-16,18-19,21-22H,17,20H2. The van der Waals surface area contributed by atoms with E-state index in [-0.39, 0.29) is 5.82 Å². The first-order valence-electron chi connectivity index (χ1n) is 10.9. The highest BCUT2D eigenvalue weighted by Crippen LogP contribution is 2.38. The quantitative estimate of drug-likeness (QED) is 0.302. The Morgan fingerprint density at radius 3 is 1.91 bits per heavy atom. The number of hydrogen-bond acceptors (Lipinski definition) is 0. The van der Waals surface area contributed by atoms with Gasteiger partial charge >= 0.3 is 0 Å². The van der Waals surface area contributed by atoms with Crippen LogP contribution in [-0.2, 0) is 6.42 Å². The zero-order chi connectivity index (χ0) is 21.8. The van der Waals surface area contributed by atoms with E-state index in [0.717, 1.165) is 23.7 Å². The van der Waals surface area contributed by atoms with Gasteiger partial charge in [0, 0.05) is 0 Å². The fourth-order valence-electron chi connectivity index (χ4n) is 4.27. The summed E-state index contributed by atoms with van der Waals surface area (Å²) >= 11 is 0. The van der Waals surface area contributed by atoms with E-state index in [1.807, 2.05) is 24.3 Å². The van der Waals surface area contributed by atoms with Gasteiger partial charge in [0.25, 0.3) is 0 Å². The maximum Gasteiger partial charge on any atom is 0.123 e. The molecule has 0 heterocycles. The van der Waals surface area contributed by atoms with Crippen molar-refractivity contribution in [2.75, 3.05) is 0 Å². The highest BCUT2D eigenvalue weighted by molar-refractivity contribution is 7.80.